The molecule has 0 aromatic heterocycles. The monoisotopic (exact) mass is 313 g/mol. The first-order chi connectivity index (χ1) is 9.33. The minimum atomic E-state index is -4.21. The predicted molar refractivity (Wildman–Crippen MR) is 72.5 cm³/mol. The van der Waals surface area contributed by atoms with E-state index in [2.05, 4.69) is 9.05 Å². The minimum absolute atomic E-state index is 0.0655. The van der Waals surface area contributed by atoms with Crippen LogP contribution in [0.4, 0.5) is 0 Å². The van der Waals surface area contributed by atoms with Crippen LogP contribution >= 0.6 is 7.82 Å². The van der Waals surface area contributed by atoms with Crippen molar-refractivity contribution in [1.82, 2.24) is 0 Å². The maximum Gasteiger partial charge on any atom is 0.268 e. The normalized spacial score (nSPS) is 14.9. The molecule has 7 nitrogen and oxygen atoms in total. The van der Waals surface area contributed by atoms with E-state index in [0.29, 0.717) is 26.4 Å². The standard InChI is InChI=1S/C12H27O7P/c1-11(2)17-9-7-15-5-6-16-8-10-18-20(13,14)19-12(3)4/h11-12H,5-10H2,1-4H3,(H,13,14)/p-1. The summed E-state index contributed by atoms with van der Waals surface area (Å²) >= 11 is 0. The van der Waals surface area contributed by atoms with E-state index < -0.39 is 13.9 Å². The fourth-order valence-corrected chi connectivity index (χ4v) is 2.04. The predicted octanol–water partition coefficient (Wildman–Crippen LogP) is 1.35. The Hall–Kier alpha value is -0.0100. The van der Waals surface area contributed by atoms with E-state index in [0.717, 1.165) is 0 Å². The molecule has 1 unspecified atom stereocenters. The van der Waals surface area contributed by atoms with Gasteiger partial charge >= 0.3 is 0 Å². The molecule has 0 saturated heterocycles. The van der Waals surface area contributed by atoms with Gasteiger partial charge in [-0.05, 0) is 27.7 Å². The molecule has 8 heteroatoms. The number of ether oxygens (including phenoxy) is 3. The van der Waals surface area contributed by atoms with E-state index in [9.17, 15) is 9.46 Å². The van der Waals surface area contributed by atoms with Gasteiger partial charge in [0.2, 0.25) is 0 Å². The van der Waals surface area contributed by atoms with Crippen molar-refractivity contribution in [2.45, 2.75) is 39.9 Å². The van der Waals surface area contributed by atoms with Crippen molar-refractivity contribution >= 4 is 7.82 Å². The van der Waals surface area contributed by atoms with Crippen molar-refractivity contribution < 1.29 is 32.7 Å². The zero-order chi connectivity index (χ0) is 15.4. The average Bonchev–Trinajstić information content (AvgIpc) is 2.29. The second-order valence-corrected chi connectivity index (χ2v) is 5.94. The van der Waals surface area contributed by atoms with Gasteiger partial charge < -0.3 is 28.2 Å². The minimum Gasteiger partial charge on any atom is -0.756 e. The fraction of sp³-hybridized carbons (Fsp3) is 1.00. The largest absolute Gasteiger partial charge is 0.756 e. The van der Waals surface area contributed by atoms with Gasteiger partial charge in [0.15, 0.2) is 0 Å². The van der Waals surface area contributed by atoms with Crippen LogP contribution in [0, 0.1) is 0 Å². The van der Waals surface area contributed by atoms with E-state index in [1.54, 1.807) is 13.8 Å². The Morgan fingerprint density at radius 1 is 0.850 bits per heavy atom. The summed E-state index contributed by atoms with van der Waals surface area (Å²) in [4.78, 5) is 11.2. The van der Waals surface area contributed by atoms with Crippen LogP contribution in [0.5, 0.6) is 0 Å². The summed E-state index contributed by atoms with van der Waals surface area (Å²) in [5.74, 6) is 0. The van der Waals surface area contributed by atoms with Crippen LogP contribution in [0.15, 0.2) is 0 Å². The Morgan fingerprint density at radius 3 is 1.85 bits per heavy atom. The summed E-state index contributed by atoms with van der Waals surface area (Å²) < 4.78 is 36.1. The number of hydrogen-bond donors (Lipinski definition) is 0. The van der Waals surface area contributed by atoms with Crippen molar-refractivity contribution in [2.75, 3.05) is 39.6 Å². The topological polar surface area (TPSA) is 86.3 Å². The molecule has 0 aromatic rings. The van der Waals surface area contributed by atoms with Crippen molar-refractivity contribution in [2.24, 2.45) is 0 Å². The van der Waals surface area contributed by atoms with E-state index >= 15 is 0 Å². The van der Waals surface area contributed by atoms with E-state index in [1.807, 2.05) is 13.8 Å². The second-order valence-electron chi connectivity index (χ2n) is 4.58. The van der Waals surface area contributed by atoms with Crippen LogP contribution in [-0.4, -0.2) is 51.8 Å². The van der Waals surface area contributed by atoms with Gasteiger partial charge in [0.05, 0.1) is 51.8 Å². The van der Waals surface area contributed by atoms with Crippen molar-refractivity contribution in [3.05, 3.63) is 0 Å². The Kier molecular flexibility index (Phi) is 11.6. The van der Waals surface area contributed by atoms with Crippen LogP contribution in [0.2, 0.25) is 0 Å². The highest BCUT2D eigenvalue weighted by molar-refractivity contribution is 7.45. The molecule has 0 aliphatic rings. The Labute approximate surface area is 121 Å². The van der Waals surface area contributed by atoms with Gasteiger partial charge in [0.1, 0.15) is 0 Å². The summed E-state index contributed by atoms with van der Waals surface area (Å²) in [5, 5.41) is 0. The molecule has 0 radical (unpaired) electrons. The quantitative estimate of drug-likeness (QED) is 0.375. The molecule has 0 aliphatic carbocycles. The van der Waals surface area contributed by atoms with E-state index in [-0.39, 0.29) is 19.3 Å². The van der Waals surface area contributed by atoms with Crippen LogP contribution in [0.25, 0.3) is 0 Å². The molecule has 0 aliphatic heterocycles. The van der Waals surface area contributed by atoms with Crippen LogP contribution in [0.1, 0.15) is 27.7 Å². The van der Waals surface area contributed by atoms with E-state index in [4.69, 9.17) is 14.2 Å². The lowest BCUT2D eigenvalue weighted by atomic mass is 10.5. The van der Waals surface area contributed by atoms with Crippen LogP contribution in [-0.2, 0) is 27.8 Å². The summed E-state index contributed by atoms with van der Waals surface area (Å²) in [6, 6.07) is 0. The molecule has 0 fully saturated rings. The highest BCUT2D eigenvalue weighted by Crippen LogP contribution is 2.39. The highest BCUT2D eigenvalue weighted by atomic mass is 31.2. The Morgan fingerprint density at radius 2 is 1.35 bits per heavy atom. The molecule has 0 heterocycles. The molecule has 0 saturated carbocycles. The third-order valence-corrected chi connectivity index (χ3v) is 3.05. The lowest BCUT2D eigenvalue weighted by Crippen LogP contribution is -2.16. The molecule has 0 amide bonds. The first-order valence-electron chi connectivity index (χ1n) is 6.74. The molecule has 0 N–H and O–H groups in total. The van der Waals surface area contributed by atoms with Crippen molar-refractivity contribution in [3.8, 4) is 0 Å². The van der Waals surface area contributed by atoms with E-state index in [1.165, 1.54) is 0 Å². The van der Waals surface area contributed by atoms with Crippen molar-refractivity contribution in [3.63, 3.8) is 0 Å². The Balaban J connectivity index is 3.30. The number of rotatable bonds is 13. The summed E-state index contributed by atoms with van der Waals surface area (Å²) in [5.41, 5.74) is 0. The van der Waals surface area contributed by atoms with Gasteiger partial charge in [0, 0.05) is 0 Å². The third kappa shape index (κ3) is 14.4. The van der Waals surface area contributed by atoms with Crippen LogP contribution < -0.4 is 4.89 Å². The Bertz CT molecular complexity index is 271. The van der Waals surface area contributed by atoms with Crippen LogP contribution in [0.3, 0.4) is 0 Å². The maximum atomic E-state index is 11.2. The van der Waals surface area contributed by atoms with Crippen molar-refractivity contribution in [1.29, 1.82) is 0 Å². The summed E-state index contributed by atoms with van der Waals surface area (Å²) in [6.45, 7) is 9.11. The highest BCUT2D eigenvalue weighted by Gasteiger charge is 2.10. The molecule has 0 rings (SSSR count). The summed E-state index contributed by atoms with van der Waals surface area (Å²) in [6.07, 6.45) is -0.233. The smallest absolute Gasteiger partial charge is 0.268 e. The number of phosphoric acid groups is 1. The molecule has 20 heavy (non-hydrogen) atoms. The molecule has 1 atom stereocenters. The lowest BCUT2D eigenvalue weighted by Gasteiger charge is -2.24. The molecule has 0 spiro atoms. The van der Waals surface area contributed by atoms with Gasteiger partial charge in [-0.1, -0.05) is 0 Å². The molecular weight excluding hydrogens is 287 g/mol. The first kappa shape index (κ1) is 20.0. The van der Waals surface area contributed by atoms with Gasteiger partial charge in [0.25, 0.3) is 7.82 Å². The molecular formula is C12H26O7P-. The molecule has 122 valence electrons. The first-order valence-corrected chi connectivity index (χ1v) is 8.20. The molecule has 0 bridgehead atoms. The van der Waals surface area contributed by atoms with Gasteiger partial charge in [-0.25, -0.2) is 0 Å². The SMILES string of the molecule is CC(C)OCCOCCOCCOP(=O)([O-])OC(C)C. The number of hydrogen-bond acceptors (Lipinski definition) is 7. The molecule has 0 aromatic carbocycles. The fourth-order valence-electron chi connectivity index (χ4n) is 1.16. The zero-order valence-electron chi connectivity index (χ0n) is 12.7. The maximum absolute atomic E-state index is 11.2. The second kappa shape index (κ2) is 11.6. The average molecular weight is 313 g/mol. The van der Waals surface area contributed by atoms with Gasteiger partial charge in [-0.2, -0.15) is 0 Å². The zero-order valence-corrected chi connectivity index (χ0v) is 13.6. The lowest BCUT2D eigenvalue weighted by molar-refractivity contribution is -0.229. The number of phosphoric ester groups is 1. The van der Waals surface area contributed by atoms with Gasteiger partial charge in [-0.3, -0.25) is 4.57 Å². The van der Waals surface area contributed by atoms with Gasteiger partial charge in [-0.15, -0.1) is 0 Å². The summed E-state index contributed by atoms with van der Waals surface area (Å²) in [7, 11) is -4.21. The third-order valence-electron chi connectivity index (χ3n) is 1.87.